The van der Waals surface area contributed by atoms with Gasteiger partial charge in [0.05, 0.1) is 19.4 Å². The van der Waals surface area contributed by atoms with Crippen LogP contribution < -0.4 is 5.32 Å². The summed E-state index contributed by atoms with van der Waals surface area (Å²) in [5, 5.41) is 8.11. The van der Waals surface area contributed by atoms with Crippen LogP contribution in [0.15, 0.2) is 22.8 Å². The molecule has 0 aliphatic carbocycles. The minimum absolute atomic E-state index is 0.396. The average Bonchev–Trinajstić information content (AvgIpc) is 3.04. The zero-order valence-corrected chi connectivity index (χ0v) is 11.5. The van der Waals surface area contributed by atoms with Crippen molar-refractivity contribution in [1.29, 1.82) is 0 Å². The van der Waals surface area contributed by atoms with E-state index in [1.807, 2.05) is 12.1 Å². The van der Waals surface area contributed by atoms with Crippen LogP contribution in [0.3, 0.4) is 0 Å². The van der Waals surface area contributed by atoms with Crippen LogP contribution >= 0.6 is 0 Å². The highest BCUT2D eigenvalue weighted by Gasteiger charge is 2.22. The third-order valence-electron chi connectivity index (χ3n) is 3.54. The minimum Gasteiger partial charge on any atom is -0.468 e. The maximum atomic E-state index is 5.33. The number of aryl methyl sites for hydroxylation is 1. The third-order valence-corrected chi connectivity index (χ3v) is 3.54. The second-order valence-electron chi connectivity index (χ2n) is 5.42. The van der Waals surface area contributed by atoms with E-state index in [2.05, 4.69) is 33.9 Å². The second-order valence-corrected chi connectivity index (χ2v) is 5.42. The summed E-state index contributed by atoms with van der Waals surface area (Å²) in [6, 6.07) is 4.36. The topological polar surface area (TPSA) is 55.9 Å². The summed E-state index contributed by atoms with van der Waals surface area (Å²) in [6.07, 6.45) is 3.81. The first kappa shape index (κ1) is 12.4. The Kier molecular flexibility index (Phi) is 3.38. The van der Waals surface area contributed by atoms with Crippen LogP contribution in [0, 0.1) is 0 Å². The largest absolute Gasteiger partial charge is 0.468 e. The number of rotatable bonds is 4. The number of nitrogens with zero attached hydrogens (tertiary/aromatic N) is 3. The van der Waals surface area contributed by atoms with Gasteiger partial charge in [-0.05, 0) is 18.6 Å². The molecule has 1 aliphatic rings. The maximum Gasteiger partial charge on any atom is 0.153 e. The summed E-state index contributed by atoms with van der Waals surface area (Å²) >= 11 is 0. The zero-order chi connectivity index (χ0) is 13.2. The number of hydrogen-bond acceptors (Lipinski definition) is 4. The number of aromatic nitrogens is 3. The molecule has 0 aromatic carbocycles. The Morgan fingerprint density at radius 2 is 2.42 bits per heavy atom. The molecule has 2 aromatic rings. The molecule has 0 bridgehead atoms. The molecule has 2 aromatic heterocycles. The summed E-state index contributed by atoms with van der Waals surface area (Å²) < 4.78 is 7.39. The summed E-state index contributed by atoms with van der Waals surface area (Å²) in [6.45, 7) is 5.94. The van der Waals surface area contributed by atoms with Crippen LogP contribution in [0.2, 0.25) is 0 Å². The molecule has 0 saturated carbocycles. The molecule has 1 atom stereocenters. The molecule has 1 aliphatic heterocycles. The van der Waals surface area contributed by atoms with E-state index in [-0.39, 0.29) is 0 Å². The lowest BCUT2D eigenvalue weighted by atomic mass is 10.1. The lowest BCUT2D eigenvalue weighted by molar-refractivity contribution is 0.344. The van der Waals surface area contributed by atoms with Crippen molar-refractivity contribution in [3.63, 3.8) is 0 Å². The zero-order valence-electron chi connectivity index (χ0n) is 11.5. The van der Waals surface area contributed by atoms with Crippen LogP contribution in [0.25, 0.3) is 0 Å². The van der Waals surface area contributed by atoms with Crippen molar-refractivity contribution >= 4 is 0 Å². The number of fused-ring (bicyclic) bond motifs is 1. The molecule has 0 spiro atoms. The standard InChI is InChI=1S/C14H20N4O/c1-10(2)14-16-13-6-5-11(9-18(13)17-14)15-8-12-4-3-7-19-12/h3-4,7,10-11,15H,5-6,8-9H2,1-2H3. The van der Waals surface area contributed by atoms with Crippen LogP contribution in [0.1, 0.15) is 43.6 Å². The molecule has 3 rings (SSSR count). The highest BCUT2D eigenvalue weighted by molar-refractivity contribution is 5.02. The van der Waals surface area contributed by atoms with E-state index in [1.165, 1.54) is 0 Å². The smallest absolute Gasteiger partial charge is 0.153 e. The molecule has 5 heteroatoms. The highest BCUT2D eigenvalue weighted by Crippen LogP contribution is 2.17. The van der Waals surface area contributed by atoms with E-state index in [4.69, 9.17) is 4.42 Å². The summed E-state index contributed by atoms with van der Waals surface area (Å²) in [5.41, 5.74) is 0. The van der Waals surface area contributed by atoms with Crippen molar-refractivity contribution in [2.45, 2.75) is 51.7 Å². The number of furan rings is 1. The fourth-order valence-electron chi connectivity index (χ4n) is 2.40. The normalized spacial score (nSPS) is 18.8. The first-order valence-electron chi connectivity index (χ1n) is 6.92. The van der Waals surface area contributed by atoms with Gasteiger partial charge in [0.15, 0.2) is 5.82 Å². The quantitative estimate of drug-likeness (QED) is 0.914. The van der Waals surface area contributed by atoms with Crippen molar-refractivity contribution in [2.24, 2.45) is 0 Å². The monoisotopic (exact) mass is 260 g/mol. The van der Waals surface area contributed by atoms with Crippen LogP contribution in [0.5, 0.6) is 0 Å². The molecule has 1 N–H and O–H groups in total. The van der Waals surface area contributed by atoms with Crippen LogP contribution in [-0.4, -0.2) is 20.8 Å². The molecule has 0 fully saturated rings. The van der Waals surface area contributed by atoms with E-state index < -0.39 is 0 Å². The summed E-state index contributed by atoms with van der Waals surface area (Å²) in [7, 11) is 0. The van der Waals surface area contributed by atoms with E-state index in [0.717, 1.165) is 43.3 Å². The lowest BCUT2D eigenvalue weighted by Crippen LogP contribution is -2.37. The Balaban J connectivity index is 1.62. The van der Waals surface area contributed by atoms with Crippen molar-refractivity contribution in [2.75, 3.05) is 0 Å². The van der Waals surface area contributed by atoms with Gasteiger partial charge in [-0.25, -0.2) is 9.67 Å². The molecule has 0 saturated heterocycles. The van der Waals surface area contributed by atoms with Gasteiger partial charge in [-0.1, -0.05) is 13.8 Å². The van der Waals surface area contributed by atoms with Gasteiger partial charge < -0.3 is 9.73 Å². The average molecular weight is 260 g/mol. The molecular weight excluding hydrogens is 240 g/mol. The number of hydrogen-bond donors (Lipinski definition) is 1. The van der Waals surface area contributed by atoms with E-state index >= 15 is 0 Å². The van der Waals surface area contributed by atoms with Crippen LogP contribution in [0.4, 0.5) is 0 Å². The minimum atomic E-state index is 0.396. The van der Waals surface area contributed by atoms with Gasteiger partial charge >= 0.3 is 0 Å². The molecule has 3 heterocycles. The summed E-state index contributed by atoms with van der Waals surface area (Å²) in [4.78, 5) is 4.60. The predicted molar refractivity (Wildman–Crippen MR) is 71.8 cm³/mol. The van der Waals surface area contributed by atoms with Gasteiger partial charge in [0, 0.05) is 18.4 Å². The Morgan fingerprint density at radius 1 is 1.53 bits per heavy atom. The van der Waals surface area contributed by atoms with Crippen molar-refractivity contribution in [3.05, 3.63) is 35.8 Å². The third kappa shape index (κ3) is 2.71. The predicted octanol–water partition coefficient (Wildman–Crippen LogP) is 2.10. The fraction of sp³-hybridized carbons (Fsp3) is 0.571. The molecule has 5 nitrogen and oxygen atoms in total. The Hall–Kier alpha value is -1.62. The van der Waals surface area contributed by atoms with Gasteiger partial charge in [0.1, 0.15) is 11.6 Å². The van der Waals surface area contributed by atoms with Gasteiger partial charge in [-0.2, -0.15) is 5.10 Å². The Morgan fingerprint density at radius 3 is 3.16 bits per heavy atom. The van der Waals surface area contributed by atoms with E-state index in [0.29, 0.717) is 12.0 Å². The number of nitrogens with one attached hydrogen (secondary N) is 1. The van der Waals surface area contributed by atoms with Crippen molar-refractivity contribution < 1.29 is 4.42 Å². The van der Waals surface area contributed by atoms with Gasteiger partial charge in [0.25, 0.3) is 0 Å². The van der Waals surface area contributed by atoms with Crippen molar-refractivity contribution in [3.8, 4) is 0 Å². The first-order chi connectivity index (χ1) is 9.22. The molecule has 0 amide bonds. The summed E-state index contributed by atoms with van der Waals surface area (Å²) in [5.74, 6) is 3.46. The highest BCUT2D eigenvalue weighted by atomic mass is 16.3. The molecule has 19 heavy (non-hydrogen) atoms. The molecule has 1 unspecified atom stereocenters. The molecular formula is C14H20N4O. The Bertz CT molecular complexity index is 530. The Labute approximate surface area is 113 Å². The molecule has 102 valence electrons. The van der Waals surface area contributed by atoms with Gasteiger partial charge in [-0.15, -0.1) is 0 Å². The fourth-order valence-corrected chi connectivity index (χ4v) is 2.40. The molecule has 0 radical (unpaired) electrons. The maximum absolute atomic E-state index is 5.33. The SMILES string of the molecule is CC(C)c1nc2n(n1)CC(NCc1ccco1)CC2. The first-order valence-corrected chi connectivity index (χ1v) is 6.92. The lowest BCUT2D eigenvalue weighted by Gasteiger charge is -2.23. The van der Waals surface area contributed by atoms with Crippen molar-refractivity contribution in [1.82, 2.24) is 20.1 Å². The van der Waals surface area contributed by atoms with Crippen LogP contribution in [-0.2, 0) is 19.5 Å². The van der Waals surface area contributed by atoms with Gasteiger partial charge in [-0.3, -0.25) is 0 Å². The second kappa shape index (κ2) is 5.17. The van der Waals surface area contributed by atoms with E-state index in [9.17, 15) is 0 Å². The van der Waals surface area contributed by atoms with Gasteiger partial charge in [0.2, 0.25) is 0 Å². The van der Waals surface area contributed by atoms with E-state index in [1.54, 1.807) is 6.26 Å².